The lowest BCUT2D eigenvalue weighted by Crippen LogP contribution is -2.17. The molecule has 1 unspecified atom stereocenters. The van der Waals surface area contributed by atoms with Gasteiger partial charge in [-0.25, -0.2) is 0 Å². The van der Waals surface area contributed by atoms with Crippen LogP contribution in [0.15, 0.2) is 72.8 Å². The van der Waals surface area contributed by atoms with Crippen molar-refractivity contribution in [2.45, 2.75) is 33.2 Å². The molecule has 114 valence electrons. The molecule has 0 fully saturated rings. The van der Waals surface area contributed by atoms with E-state index in [0.29, 0.717) is 0 Å². The molecule has 0 amide bonds. The lowest BCUT2D eigenvalue weighted by Gasteiger charge is -2.20. The third kappa shape index (κ3) is 4.36. The summed E-state index contributed by atoms with van der Waals surface area (Å²) in [4.78, 5) is 0. The van der Waals surface area contributed by atoms with E-state index >= 15 is 0 Å². The van der Waals surface area contributed by atoms with E-state index in [1.54, 1.807) is 0 Å². The molecule has 0 heterocycles. The first-order valence-electron chi connectivity index (χ1n) is 7.96. The molecule has 0 aliphatic rings. The standard InChI is InChI=1S/C21H25N/c1-4-5-7-16-21(20-15-11-10-12-17(20)2)18(3)22-19-13-8-6-9-14-19/h5-16,18,22H,4H2,1-3H3/b7-5-,21-16+. The van der Waals surface area contributed by atoms with Crippen molar-refractivity contribution in [2.24, 2.45) is 0 Å². The molecule has 1 atom stereocenters. The maximum atomic E-state index is 3.59. The number of benzene rings is 2. The van der Waals surface area contributed by atoms with Gasteiger partial charge in [0.25, 0.3) is 0 Å². The molecule has 0 saturated heterocycles. The fourth-order valence-electron chi connectivity index (χ4n) is 2.53. The van der Waals surface area contributed by atoms with Crippen LogP contribution in [-0.2, 0) is 0 Å². The molecule has 0 saturated carbocycles. The molecule has 0 bridgehead atoms. The summed E-state index contributed by atoms with van der Waals surface area (Å²) in [6.07, 6.45) is 7.63. The Morgan fingerprint density at radius 1 is 1.05 bits per heavy atom. The highest BCUT2D eigenvalue weighted by Gasteiger charge is 2.12. The number of allylic oxidation sites excluding steroid dienone is 3. The Labute approximate surface area is 134 Å². The highest BCUT2D eigenvalue weighted by molar-refractivity contribution is 5.75. The van der Waals surface area contributed by atoms with Gasteiger partial charge in [0, 0.05) is 11.7 Å². The number of nitrogens with one attached hydrogen (secondary N) is 1. The summed E-state index contributed by atoms with van der Waals surface area (Å²) < 4.78 is 0. The lowest BCUT2D eigenvalue weighted by atomic mass is 9.94. The Morgan fingerprint density at radius 3 is 2.41 bits per heavy atom. The van der Waals surface area contributed by atoms with Gasteiger partial charge in [0.1, 0.15) is 0 Å². The SMILES string of the molecule is CC/C=C\C=C(\c1ccccc1C)C(C)Nc1ccccc1. The molecule has 2 aromatic rings. The summed E-state index contributed by atoms with van der Waals surface area (Å²) in [6, 6.07) is 19.2. The van der Waals surface area contributed by atoms with E-state index in [2.05, 4.69) is 92.8 Å². The first-order valence-corrected chi connectivity index (χ1v) is 7.96. The van der Waals surface area contributed by atoms with Gasteiger partial charge in [-0.2, -0.15) is 0 Å². The van der Waals surface area contributed by atoms with Gasteiger partial charge >= 0.3 is 0 Å². The Hall–Kier alpha value is -2.28. The van der Waals surface area contributed by atoms with E-state index in [1.807, 2.05) is 6.07 Å². The molecule has 1 nitrogen and oxygen atoms in total. The van der Waals surface area contributed by atoms with E-state index in [4.69, 9.17) is 0 Å². The molecular formula is C21H25N. The maximum absolute atomic E-state index is 3.59. The Bertz CT molecular complexity index is 638. The van der Waals surface area contributed by atoms with Crippen LogP contribution in [0.2, 0.25) is 0 Å². The zero-order valence-corrected chi connectivity index (χ0v) is 13.7. The molecule has 1 N–H and O–H groups in total. The molecular weight excluding hydrogens is 266 g/mol. The molecule has 0 spiro atoms. The van der Waals surface area contributed by atoms with Crippen LogP contribution in [0.3, 0.4) is 0 Å². The normalized spacial score (nSPS) is 13.3. The van der Waals surface area contributed by atoms with Crippen LogP contribution in [0.25, 0.3) is 5.57 Å². The summed E-state index contributed by atoms with van der Waals surface area (Å²) >= 11 is 0. The van der Waals surface area contributed by atoms with E-state index in [9.17, 15) is 0 Å². The Morgan fingerprint density at radius 2 is 1.73 bits per heavy atom. The zero-order valence-electron chi connectivity index (χ0n) is 13.7. The fourth-order valence-corrected chi connectivity index (χ4v) is 2.53. The van der Waals surface area contributed by atoms with E-state index in [0.717, 1.165) is 12.1 Å². The van der Waals surface area contributed by atoms with Gasteiger partial charge in [-0.05, 0) is 49.1 Å². The van der Waals surface area contributed by atoms with Crippen molar-refractivity contribution in [3.05, 3.63) is 84.0 Å². The van der Waals surface area contributed by atoms with Crippen molar-refractivity contribution in [3.63, 3.8) is 0 Å². The Kier molecular flexibility index (Phi) is 6.02. The number of hydrogen-bond donors (Lipinski definition) is 1. The largest absolute Gasteiger partial charge is 0.378 e. The highest BCUT2D eigenvalue weighted by atomic mass is 14.9. The highest BCUT2D eigenvalue weighted by Crippen LogP contribution is 2.24. The van der Waals surface area contributed by atoms with Crippen molar-refractivity contribution >= 4 is 11.3 Å². The fraction of sp³-hybridized carbons (Fsp3) is 0.238. The van der Waals surface area contributed by atoms with Crippen LogP contribution in [0.1, 0.15) is 31.4 Å². The zero-order chi connectivity index (χ0) is 15.8. The Balaban J connectivity index is 2.30. The number of aryl methyl sites for hydroxylation is 1. The average Bonchev–Trinajstić information content (AvgIpc) is 2.53. The van der Waals surface area contributed by atoms with E-state index in [-0.39, 0.29) is 6.04 Å². The third-order valence-corrected chi connectivity index (χ3v) is 3.73. The number of hydrogen-bond acceptors (Lipinski definition) is 1. The summed E-state index contributed by atoms with van der Waals surface area (Å²) in [5.74, 6) is 0. The summed E-state index contributed by atoms with van der Waals surface area (Å²) in [5, 5.41) is 3.59. The first-order chi connectivity index (χ1) is 10.7. The molecule has 2 aromatic carbocycles. The minimum Gasteiger partial charge on any atom is -0.378 e. The van der Waals surface area contributed by atoms with Crippen molar-refractivity contribution in [2.75, 3.05) is 5.32 Å². The minimum absolute atomic E-state index is 0.241. The van der Waals surface area contributed by atoms with Gasteiger partial charge in [-0.15, -0.1) is 0 Å². The summed E-state index contributed by atoms with van der Waals surface area (Å²) in [7, 11) is 0. The number of rotatable bonds is 6. The second-order valence-corrected chi connectivity index (χ2v) is 5.51. The number of anilines is 1. The van der Waals surface area contributed by atoms with Gasteiger partial charge in [0.05, 0.1) is 0 Å². The maximum Gasteiger partial charge on any atom is 0.0491 e. The minimum atomic E-state index is 0.241. The molecule has 0 aliphatic carbocycles. The second kappa shape index (κ2) is 8.23. The van der Waals surface area contributed by atoms with Gasteiger partial charge in [0.2, 0.25) is 0 Å². The van der Waals surface area contributed by atoms with Crippen LogP contribution in [0.5, 0.6) is 0 Å². The van der Waals surface area contributed by atoms with Gasteiger partial charge in [0.15, 0.2) is 0 Å². The van der Waals surface area contributed by atoms with Crippen LogP contribution >= 0.6 is 0 Å². The van der Waals surface area contributed by atoms with Gasteiger partial charge in [-0.1, -0.05) is 67.6 Å². The second-order valence-electron chi connectivity index (χ2n) is 5.51. The van der Waals surface area contributed by atoms with Crippen LogP contribution in [0, 0.1) is 6.92 Å². The van der Waals surface area contributed by atoms with Crippen molar-refractivity contribution in [1.82, 2.24) is 0 Å². The molecule has 22 heavy (non-hydrogen) atoms. The monoisotopic (exact) mass is 291 g/mol. The molecule has 0 aromatic heterocycles. The van der Waals surface area contributed by atoms with Crippen molar-refractivity contribution in [1.29, 1.82) is 0 Å². The molecule has 0 radical (unpaired) electrons. The van der Waals surface area contributed by atoms with Crippen LogP contribution in [0.4, 0.5) is 5.69 Å². The predicted molar refractivity (Wildman–Crippen MR) is 98.1 cm³/mol. The molecule has 0 aliphatic heterocycles. The van der Waals surface area contributed by atoms with Crippen LogP contribution in [-0.4, -0.2) is 6.04 Å². The lowest BCUT2D eigenvalue weighted by molar-refractivity contribution is 1.01. The number of para-hydroxylation sites is 1. The topological polar surface area (TPSA) is 12.0 Å². The summed E-state index contributed by atoms with van der Waals surface area (Å²) in [5.41, 5.74) is 5.07. The molecule has 2 rings (SSSR count). The molecule has 1 heteroatoms. The van der Waals surface area contributed by atoms with Crippen molar-refractivity contribution in [3.8, 4) is 0 Å². The van der Waals surface area contributed by atoms with Gasteiger partial charge < -0.3 is 5.32 Å². The third-order valence-electron chi connectivity index (χ3n) is 3.73. The predicted octanol–water partition coefficient (Wildman–Crippen LogP) is 5.85. The summed E-state index contributed by atoms with van der Waals surface area (Å²) in [6.45, 7) is 6.54. The van der Waals surface area contributed by atoms with E-state index in [1.165, 1.54) is 16.7 Å². The van der Waals surface area contributed by atoms with Crippen molar-refractivity contribution < 1.29 is 0 Å². The quantitative estimate of drug-likeness (QED) is 0.659. The van der Waals surface area contributed by atoms with Crippen LogP contribution < -0.4 is 5.32 Å². The van der Waals surface area contributed by atoms with Gasteiger partial charge in [-0.3, -0.25) is 0 Å². The average molecular weight is 291 g/mol. The van der Waals surface area contributed by atoms with E-state index < -0.39 is 0 Å². The first kappa shape index (κ1) is 16.1. The smallest absolute Gasteiger partial charge is 0.0491 e.